The quantitative estimate of drug-likeness (QED) is 0.619. The number of carbonyl (C=O) groups excluding carboxylic acids is 2. The van der Waals surface area contributed by atoms with Gasteiger partial charge in [-0.15, -0.1) is 0 Å². The molecule has 1 saturated carbocycles. The highest BCUT2D eigenvalue weighted by Gasteiger charge is 2.37. The zero-order chi connectivity index (χ0) is 24.2. The predicted molar refractivity (Wildman–Crippen MR) is 118 cm³/mol. The van der Waals surface area contributed by atoms with Gasteiger partial charge in [-0.1, -0.05) is 0 Å². The van der Waals surface area contributed by atoms with Crippen LogP contribution in [-0.2, 0) is 13.2 Å². The molecule has 1 unspecified atom stereocenters. The first-order chi connectivity index (χ1) is 16.2. The van der Waals surface area contributed by atoms with Crippen molar-refractivity contribution in [3.8, 4) is 0 Å². The zero-order valence-corrected chi connectivity index (χ0v) is 18.8. The molecular formula is C24H24F3N5O2. The molecule has 1 aliphatic carbocycles. The van der Waals surface area contributed by atoms with E-state index in [2.05, 4.69) is 10.4 Å². The van der Waals surface area contributed by atoms with Gasteiger partial charge in [0.05, 0.1) is 28.2 Å². The van der Waals surface area contributed by atoms with Gasteiger partial charge in [0.15, 0.2) is 5.65 Å². The minimum absolute atomic E-state index is 0.181. The summed E-state index contributed by atoms with van der Waals surface area (Å²) in [7, 11) is 3.33. The molecule has 1 aromatic carbocycles. The van der Waals surface area contributed by atoms with Gasteiger partial charge in [-0.3, -0.25) is 14.3 Å². The number of rotatable bonds is 4. The number of hydrogen-bond acceptors (Lipinski definition) is 4. The molecule has 0 spiro atoms. The lowest BCUT2D eigenvalue weighted by atomic mass is 10.0. The third-order valence-corrected chi connectivity index (χ3v) is 6.60. The summed E-state index contributed by atoms with van der Waals surface area (Å²) < 4.78 is 40.4. The van der Waals surface area contributed by atoms with E-state index in [9.17, 15) is 22.8 Å². The van der Waals surface area contributed by atoms with Crippen molar-refractivity contribution in [1.29, 1.82) is 0 Å². The van der Waals surface area contributed by atoms with Crippen molar-refractivity contribution < 1.29 is 22.8 Å². The van der Waals surface area contributed by atoms with Crippen LogP contribution in [0.15, 0.2) is 30.3 Å². The molecular weight excluding hydrogens is 447 g/mol. The maximum Gasteiger partial charge on any atom is 0.416 e. The minimum atomic E-state index is -4.47. The molecule has 1 N–H and O–H groups in total. The zero-order valence-electron chi connectivity index (χ0n) is 18.8. The number of aromatic nitrogens is 3. The lowest BCUT2D eigenvalue weighted by Gasteiger charge is -2.24. The maximum atomic E-state index is 13.3. The number of halogens is 3. The Morgan fingerprint density at radius 3 is 2.44 bits per heavy atom. The number of likely N-dealkylation sites (tertiary alicyclic amines) is 1. The van der Waals surface area contributed by atoms with Crippen LogP contribution in [0.5, 0.6) is 0 Å². The smallest absolute Gasteiger partial charge is 0.355 e. The summed E-state index contributed by atoms with van der Waals surface area (Å²) >= 11 is 0. The molecule has 2 amide bonds. The second-order valence-corrected chi connectivity index (χ2v) is 8.89. The number of aryl methyl sites for hydroxylation is 1. The van der Waals surface area contributed by atoms with Crippen LogP contribution in [0, 0.1) is 0 Å². The van der Waals surface area contributed by atoms with Gasteiger partial charge in [-0.2, -0.15) is 18.3 Å². The SMILES string of the molecule is CNC(=O)c1cc(C2CC2)nc2c1c(C1CCCN1C(=O)c1ccc(C(F)(F)F)cc1)nn2C. The van der Waals surface area contributed by atoms with Crippen molar-refractivity contribution in [2.45, 2.75) is 43.8 Å². The first-order valence-electron chi connectivity index (χ1n) is 11.3. The van der Waals surface area contributed by atoms with E-state index in [4.69, 9.17) is 4.98 Å². The molecule has 1 atom stereocenters. The van der Waals surface area contributed by atoms with Gasteiger partial charge < -0.3 is 10.2 Å². The third kappa shape index (κ3) is 3.80. The molecule has 2 aliphatic rings. The molecule has 2 fully saturated rings. The van der Waals surface area contributed by atoms with Crippen molar-refractivity contribution in [2.24, 2.45) is 7.05 Å². The highest BCUT2D eigenvalue weighted by Crippen LogP contribution is 2.42. The second kappa shape index (κ2) is 8.11. The van der Waals surface area contributed by atoms with Gasteiger partial charge in [0.1, 0.15) is 0 Å². The van der Waals surface area contributed by atoms with Gasteiger partial charge in [0, 0.05) is 37.8 Å². The van der Waals surface area contributed by atoms with Crippen molar-refractivity contribution in [1.82, 2.24) is 25.0 Å². The van der Waals surface area contributed by atoms with Crippen molar-refractivity contribution in [3.05, 3.63) is 58.4 Å². The van der Waals surface area contributed by atoms with Crippen LogP contribution < -0.4 is 5.32 Å². The number of fused-ring (bicyclic) bond motifs is 1. The predicted octanol–water partition coefficient (Wildman–Crippen LogP) is 4.20. The van der Waals surface area contributed by atoms with E-state index in [1.807, 2.05) is 6.07 Å². The molecule has 3 heterocycles. The van der Waals surface area contributed by atoms with Gasteiger partial charge in [0.2, 0.25) is 0 Å². The standard InChI is InChI=1S/C24H24F3N5O2/c1-28-22(33)16-12-17(13-5-6-13)29-21-19(16)20(30-31(21)2)18-4-3-11-32(18)23(34)14-7-9-15(10-8-14)24(25,26)27/h7-10,12-13,18H,3-6,11H2,1-2H3,(H,28,33). The summed E-state index contributed by atoms with van der Waals surface area (Å²) in [6.07, 6.45) is -1.04. The summed E-state index contributed by atoms with van der Waals surface area (Å²) in [4.78, 5) is 32.5. The Hall–Kier alpha value is -3.43. The Morgan fingerprint density at radius 2 is 1.82 bits per heavy atom. The second-order valence-electron chi connectivity index (χ2n) is 8.89. The van der Waals surface area contributed by atoms with Gasteiger partial charge in [0.25, 0.3) is 11.8 Å². The Labute approximate surface area is 193 Å². The fourth-order valence-corrected chi connectivity index (χ4v) is 4.69. The molecule has 1 aliphatic heterocycles. The molecule has 5 rings (SSSR count). The van der Waals surface area contributed by atoms with Gasteiger partial charge in [-0.25, -0.2) is 4.98 Å². The van der Waals surface area contributed by atoms with Crippen LogP contribution in [0.1, 0.15) is 75.3 Å². The first kappa shape index (κ1) is 22.4. The number of pyridine rings is 1. The monoisotopic (exact) mass is 471 g/mol. The number of alkyl halides is 3. The Morgan fingerprint density at radius 1 is 1.12 bits per heavy atom. The molecule has 3 aromatic rings. The minimum Gasteiger partial charge on any atom is -0.355 e. The first-order valence-corrected chi connectivity index (χ1v) is 11.3. The summed E-state index contributed by atoms with van der Waals surface area (Å²) in [6.45, 7) is 0.450. The van der Waals surface area contributed by atoms with Crippen LogP contribution in [-0.4, -0.2) is 45.1 Å². The van der Waals surface area contributed by atoms with Gasteiger partial charge >= 0.3 is 6.18 Å². The molecule has 0 bridgehead atoms. The normalized spacial score (nSPS) is 18.5. The van der Waals surface area contributed by atoms with E-state index in [0.717, 1.165) is 37.1 Å². The lowest BCUT2D eigenvalue weighted by Crippen LogP contribution is -2.31. The fraction of sp³-hybridized carbons (Fsp3) is 0.417. The van der Waals surface area contributed by atoms with Crippen LogP contribution in [0.3, 0.4) is 0 Å². The number of carbonyl (C=O) groups is 2. The average molecular weight is 471 g/mol. The Kier molecular flexibility index (Phi) is 5.33. The molecule has 34 heavy (non-hydrogen) atoms. The molecule has 1 saturated heterocycles. The number of benzene rings is 1. The molecule has 178 valence electrons. The molecule has 7 nitrogen and oxygen atoms in total. The van der Waals surface area contributed by atoms with E-state index < -0.39 is 17.8 Å². The Balaban J connectivity index is 1.55. The van der Waals surface area contributed by atoms with Crippen molar-refractivity contribution >= 4 is 22.8 Å². The Bertz CT molecular complexity index is 1280. The highest BCUT2D eigenvalue weighted by molar-refractivity contribution is 6.07. The van der Waals surface area contributed by atoms with E-state index in [-0.39, 0.29) is 17.4 Å². The largest absolute Gasteiger partial charge is 0.416 e. The van der Waals surface area contributed by atoms with Crippen molar-refractivity contribution in [2.75, 3.05) is 13.6 Å². The third-order valence-electron chi connectivity index (χ3n) is 6.60. The summed E-state index contributed by atoms with van der Waals surface area (Å²) in [5.41, 5.74) is 1.90. The number of nitrogens with one attached hydrogen (secondary N) is 1. The molecule has 0 radical (unpaired) electrons. The summed E-state index contributed by atoms with van der Waals surface area (Å²) in [5, 5.41) is 7.98. The number of amides is 2. The van der Waals surface area contributed by atoms with E-state index in [1.165, 1.54) is 12.1 Å². The maximum absolute atomic E-state index is 13.3. The average Bonchev–Trinajstić information content (AvgIpc) is 3.47. The highest BCUT2D eigenvalue weighted by atomic mass is 19.4. The van der Waals surface area contributed by atoms with E-state index >= 15 is 0 Å². The lowest BCUT2D eigenvalue weighted by molar-refractivity contribution is -0.137. The van der Waals surface area contributed by atoms with Crippen LogP contribution in [0.4, 0.5) is 13.2 Å². The number of hydrogen-bond donors (Lipinski definition) is 1. The van der Waals surface area contributed by atoms with E-state index in [1.54, 1.807) is 23.7 Å². The van der Waals surface area contributed by atoms with Crippen molar-refractivity contribution in [3.63, 3.8) is 0 Å². The van der Waals surface area contributed by atoms with Crippen LogP contribution >= 0.6 is 0 Å². The summed E-state index contributed by atoms with van der Waals surface area (Å²) in [6, 6.07) is 5.66. The van der Waals surface area contributed by atoms with Crippen LogP contribution in [0.25, 0.3) is 11.0 Å². The van der Waals surface area contributed by atoms with Gasteiger partial charge in [-0.05, 0) is 56.0 Å². The van der Waals surface area contributed by atoms with Crippen LogP contribution in [0.2, 0.25) is 0 Å². The number of nitrogens with zero attached hydrogens (tertiary/aromatic N) is 4. The van der Waals surface area contributed by atoms with E-state index in [0.29, 0.717) is 41.2 Å². The topological polar surface area (TPSA) is 80.1 Å². The summed E-state index contributed by atoms with van der Waals surface area (Å²) in [5.74, 6) is -0.267. The fourth-order valence-electron chi connectivity index (χ4n) is 4.69. The molecule has 10 heteroatoms. The molecule has 2 aromatic heterocycles.